The first-order valence-corrected chi connectivity index (χ1v) is 7.78. The summed E-state index contributed by atoms with van der Waals surface area (Å²) in [5.41, 5.74) is 3.36. The van der Waals surface area contributed by atoms with Crippen LogP contribution >= 0.6 is 0 Å². The van der Waals surface area contributed by atoms with Crippen LogP contribution in [0.1, 0.15) is 0 Å². The van der Waals surface area contributed by atoms with Gasteiger partial charge in [0, 0.05) is 14.1 Å². The van der Waals surface area contributed by atoms with Gasteiger partial charge in [0.25, 0.3) is 0 Å². The lowest BCUT2D eigenvalue weighted by Gasteiger charge is -2.22. The number of para-hydroxylation sites is 2. The Morgan fingerprint density at radius 1 is 0.652 bits per heavy atom. The molecule has 0 radical (unpaired) electrons. The van der Waals surface area contributed by atoms with E-state index in [2.05, 4.69) is 35.2 Å². The molecule has 0 heterocycles. The Morgan fingerprint density at radius 2 is 1.13 bits per heavy atom. The Bertz CT molecular complexity index is 704. The van der Waals surface area contributed by atoms with E-state index < -0.39 is 0 Å². The maximum Gasteiger partial charge on any atom is 0.426 e. The molecule has 23 heavy (non-hydrogen) atoms. The normalized spacial score (nSPS) is 10.2. The number of anilines is 1. The fourth-order valence-corrected chi connectivity index (χ4v) is 2.64. The van der Waals surface area contributed by atoms with Gasteiger partial charge in [-0.15, -0.1) is 0 Å². The van der Waals surface area contributed by atoms with Gasteiger partial charge in [0.15, 0.2) is 0 Å². The quantitative estimate of drug-likeness (QED) is 0.672. The standard InChI is InChI=1S/C20H20BNO/c1-22(2)19-15-9-10-16-20(19)23-21(17-11-5-3-6-12-17)18-13-7-4-8-14-18/h3-16H,1-2H3. The summed E-state index contributed by atoms with van der Waals surface area (Å²) in [5.74, 6) is 0.884. The molecule has 0 saturated carbocycles. The van der Waals surface area contributed by atoms with Gasteiger partial charge in [-0.1, -0.05) is 72.8 Å². The third kappa shape index (κ3) is 3.57. The van der Waals surface area contributed by atoms with Crippen LogP contribution in [0.3, 0.4) is 0 Å². The van der Waals surface area contributed by atoms with Gasteiger partial charge in [-0.2, -0.15) is 0 Å². The van der Waals surface area contributed by atoms with Crippen molar-refractivity contribution in [1.29, 1.82) is 0 Å². The van der Waals surface area contributed by atoms with Gasteiger partial charge >= 0.3 is 6.92 Å². The Labute approximate surface area is 138 Å². The van der Waals surface area contributed by atoms with Crippen LogP contribution in [0.25, 0.3) is 0 Å². The van der Waals surface area contributed by atoms with Gasteiger partial charge in [0.1, 0.15) is 5.75 Å². The molecule has 2 nitrogen and oxygen atoms in total. The summed E-state index contributed by atoms with van der Waals surface area (Å²) in [6, 6.07) is 28.8. The van der Waals surface area contributed by atoms with Crippen LogP contribution in [-0.2, 0) is 0 Å². The molecule has 0 spiro atoms. The third-order valence-electron chi connectivity index (χ3n) is 3.80. The molecule has 0 aliphatic heterocycles. The molecule has 0 saturated heterocycles. The lowest BCUT2D eigenvalue weighted by atomic mass is 9.55. The van der Waals surface area contributed by atoms with Crippen molar-refractivity contribution in [1.82, 2.24) is 0 Å². The molecule has 3 rings (SSSR count). The topological polar surface area (TPSA) is 12.5 Å². The van der Waals surface area contributed by atoms with Gasteiger partial charge < -0.3 is 9.55 Å². The predicted molar refractivity (Wildman–Crippen MR) is 99.3 cm³/mol. The van der Waals surface area contributed by atoms with Crippen molar-refractivity contribution in [2.45, 2.75) is 0 Å². The Kier molecular flexibility index (Phi) is 4.67. The van der Waals surface area contributed by atoms with Crippen LogP contribution in [-0.4, -0.2) is 21.0 Å². The van der Waals surface area contributed by atoms with Crippen molar-refractivity contribution in [3.05, 3.63) is 84.9 Å². The minimum Gasteiger partial charge on any atom is -0.550 e. The van der Waals surface area contributed by atoms with Crippen LogP contribution in [0, 0.1) is 0 Å². The van der Waals surface area contributed by atoms with Crippen molar-refractivity contribution in [2.75, 3.05) is 19.0 Å². The SMILES string of the molecule is CN(C)c1ccccc1OB(c1ccccc1)c1ccccc1. The maximum atomic E-state index is 6.44. The molecule has 0 aliphatic rings. The number of benzene rings is 3. The lowest BCUT2D eigenvalue weighted by Crippen LogP contribution is -2.47. The summed E-state index contributed by atoms with van der Waals surface area (Å²) < 4.78 is 6.44. The van der Waals surface area contributed by atoms with Gasteiger partial charge in [-0.25, -0.2) is 0 Å². The molecule has 3 heteroatoms. The highest BCUT2D eigenvalue weighted by atomic mass is 16.4. The maximum absolute atomic E-state index is 6.44. The van der Waals surface area contributed by atoms with Crippen LogP contribution in [0.4, 0.5) is 5.69 Å². The van der Waals surface area contributed by atoms with Gasteiger partial charge in [0.2, 0.25) is 0 Å². The summed E-state index contributed by atoms with van der Waals surface area (Å²) in [6.45, 7) is -0.126. The van der Waals surface area contributed by atoms with Gasteiger partial charge in [-0.05, 0) is 23.1 Å². The molecule has 0 atom stereocenters. The molecular formula is C20H20BNO. The molecule has 0 unspecified atom stereocenters. The number of rotatable bonds is 5. The van der Waals surface area contributed by atoms with Gasteiger partial charge in [0.05, 0.1) is 5.69 Å². The molecule has 0 aromatic heterocycles. The second-order valence-electron chi connectivity index (χ2n) is 5.68. The molecule has 0 fully saturated rings. The second-order valence-corrected chi connectivity index (χ2v) is 5.68. The lowest BCUT2D eigenvalue weighted by molar-refractivity contribution is 0.591. The zero-order valence-corrected chi connectivity index (χ0v) is 13.5. The van der Waals surface area contributed by atoms with E-state index in [1.807, 2.05) is 68.7 Å². The number of nitrogens with zero attached hydrogens (tertiary/aromatic N) is 1. The average molecular weight is 301 g/mol. The Morgan fingerprint density at radius 3 is 1.65 bits per heavy atom. The van der Waals surface area contributed by atoms with E-state index >= 15 is 0 Å². The highest BCUT2D eigenvalue weighted by Gasteiger charge is 2.24. The van der Waals surface area contributed by atoms with E-state index in [1.165, 1.54) is 0 Å². The molecule has 0 aliphatic carbocycles. The fraction of sp³-hybridized carbons (Fsp3) is 0.100. The fourth-order valence-electron chi connectivity index (χ4n) is 2.64. The number of hydrogen-bond acceptors (Lipinski definition) is 2. The second kappa shape index (κ2) is 7.06. The summed E-state index contributed by atoms with van der Waals surface area (Å²) in [4.78, 5) is 2.07. The first-order valence-electron chi connectivity index (χ1n) is 7.78. The average Bonchev–Trinajstić information content (AvgIpc) is 2.61. The monoisotopic (exact) mass is 301 g/mol. The minimum atomic E-state index is -0.126. The van der Waals surface area contributed by atoms with Crippen molar-refractivity contribution in [3.8, 4) is 5.75 Å². The molecule has 0 amide bonds. The molecule has 0 N–H and O–H groups in total. The molecule has 3 aromatic carbocycles. The first-order chi connectivity index (χ1) is 11.3. The highest BCUT2D eigenvalue weighted by molar-refractivity contribution is 6.80. The molecule has 114 valence electrons. The van der Waals surface area contributed by atoms with Crippen molar-refractivity contribution in [2.24, 2.45) is 0 Å². The molecule has 3 aromatic rings. The van der Waals surface area contributed by atoms with Gasteiger partial charge in [-0.3, -0.25) is 0 Å². The van der Waals surface area contributed by atoms with Crippen LogP contribution < -0.4 is 20.5 Å². The van der Waals surface area contributed by atoms with Crippen molar-refractivity contribution < 1.29 is 4.65 Å². The van der Waals surface area contributed by atoms with Crippen LogP contribution in [0.5, 0.6) is 5.75 Å². The third-order valence-corrected chi connectivity index (χ3v) is 3.80. The van der Waals surface area contributed by atoms with Crippen LogP contribution in [0.2, 0.25) is 0 Å². The van der Waals surface area contributed by atoms with E-state index in [9.17, 15) is 0 Å². The Hall–Kier alpha value is -2.68. The summed E-state index contributed by atoms with van der Waals surface area (Å²) >= 11 is 0. The minimum absolute atomic E-state index is 0.126. The molecular weight excluding hydrogens is 281 g/mol. The Balaban J connectivity index is 2.01. The summed E-state index contributed by atoms with van der Waals surface area (Å²) in [6.07, 6.45) is 0. The van der Waals surface area contributed by atoms with E-state index in [0.29, 0.717) is 0 Å². The highest BCUT2D eigenvalue weighted by Crippen LogP contribution is 2.26. The zero-order valence-electron chi connectivity index (χ0n) is 13.5. The number of hydrogen-bond donors (Lipinski definition) is 0. The summed E-state index contributed by atoms with van der Waals surface area (Å²) in [7, 11) is 4.06. The predicted octanol–water partition coefficient (Wildman–Crippen LogP) is 2.94. The van der Waals surface area contributed by atoms with Crippen molar-refractivity contribution >= 4 is 23.5 Å². The van der Waals surface area contributed by atoms with E-state index in [4.69, 9.17) is 4.65 Å². The largest absolute Gasteiger partial charge is 0.550 e. The molecule has 0 bridgehead atoms. The van der Waals surface area contributed by atoms with E-state index in [0.717, 1.165) is 22.4 Å². The smallest absolute Gasteiger partial charge is 0.426 e. The van der Waals surface area contributed by atoms with E-state index in [-0.39, 0.29) is 6.92 Å². The van der Waals surface area contributed by atoms with E-state index in [1.54, 1.807) is 0 Å². The zero-order chi connectivity index (χ0) is 16.1. The van der Waals surface area contributed by atoms with Crippen molar-refractivity contribution in [3.63, 3.8) is 0 Å². The summed E-state index contributed by atoms with van der Waals surface area (Å²) in [5, 5.41) is 0. The van der Waals surface area contributed by atoms with Crippen LogP contribution in [0.15, 0.2) is 84.9 Å². The first kappa shape index (κ1) is 15.2.